The summed E-state index contributed by atoms with van der Waals surface area (Å²) >= 11 is 0. The van der Waals surface area contributed by atoms with E-state index >= 15 is 0 Å². The van der Waals surface area contributed by atoms with Crippen LogP contribution in [0.5, 0.6) is 0 Å². The second-order valence-corrected chi connectivity index (χ2v) is 4.90. The van der Waals surface area contributed by atoms with Crippen molar-refractivity contribution >= 4 is 30.7 Å². The van der Waals surface area contributed by atoms with Crippen molar-refractivity contribution in [3.05, 3.63) is 30.1 Å². The number of halogens is 2. The van der Waals surface area contributed by atoms with Gasteiger partial charge in [0.15, 0.2) is 0 Å². The first-order valence-electron chi connectivity index (χ1n) is 6.67. The maximum absolute atomic E-state index is 12.1. The smallest absolute Gasteiger partial charge is 0.222 e. The Bertz CT molecular complexity index is 389. The number of aromatic nitrogens is 1. The Morgan fingerprint density at radius 2 is 2.20 bits per heavy atom. The summed E-state index contributed by atoms with van der Waals surface area (Å²) in [5.41, 5.74) is 6.67. The van der Waals surface area contributed by atoms with Gasteiger partial charge in [0.1, 0.15) is 0 Å². The van der Waals surface area contributed by atoms with Gasteiger partial charge in [0.25, 0.3) is 0 Å². The highest BCUT2D eigenvalue weighted by atomic mass is 35.5. The van der Waals surface area contributed by atoms with Crippen LogP contribution in [0, 0.1) is 5.92 Å². The fourth-order valence-electron chi connectivity index (χ4n) is 2.42. The minimum Gasteiger partial charge on any atom is -0.342 e. The van der Waals surface area contributed by atoms with Crippen molar-refractivity contribution in [3.8, 4) is 0 Å². The molecule has 0 aromatic carbocycles. The van der Waals surface area contributed by atoms with E-state index < -0.39 is 0 Å². The van der Waals surface area contributed by atoms with Crippen molar-refractivity contribution in [1.29, 1.82) is 0 Å². The molecule has 1 atom stereocenters. The molecule has 2 heterocycles. The first-order chi connectivity index (χ1) is 8.79. The van der Waals surface area contributed by atoms with Crippen LogP contribution < -0.4 is 5.73 Å². The molecule has 0 radical (unpaired) electrons. The molecule has 1 amide bonds. The third-order valence-corrected chi connectivity index (χ3v) is 3.53. The molecule has 1 aromatic heterocycles. The molecule has 114 valence electrons. The average Bonchev–Trinajstić information content (AvgIpc) is 2.46. The molecule has 2 rings (SSSR count). The fraction of sp³-hybridized carbons (Fsp3) is 0.571. The van der Waals surface area contributed by atoms with Gasteiger partial charge in [-0.3, -0.25) is 9.78 Å². The summed E-state index contributed by atoms with van der Waals surface area (Å²) in [5, 5.41) is 0. The number of hydrogen-bond donors (Lipinski definition) is 1. The van der Waals surface area contributed by atoms with Crippen molar-refractivity contribution < 1.29 is 4.79 Å². The normalized spacial score (nSPS) is 17.9. The summed E-state index contributed by atoms with van der Waals surface area (Å²) in [4.78, 5) is 18.3. The maximum atomic E-state index is 12.1. The molecule has 1 fully saturated rings. The second kappa shape index (κ2) is 9.97. The van der Waals surface area contributed by atoms with Crippen LogP contribution in [0.15, 0.2) is 24.4 Å². The molecule has 0 spiro atoms. The lowest BCUT2D eigenvalue weighted by molar-refractivity contribution is -0.132. The van der Waals surface area contributed by atoms with E-state index in [4.69, 9.17) is 5.73 Å². The van der Waals surface area contributed by atoms with Crippen molar-refractivity contribution in [1.82, 2.24) is 9.88 Å². The molecule has 0 bridgehead atoms. The van der Waals surface area contributed by atoms with E-state index in [1.165, 1.54) is 0 Å². The van der Waals surface area contributed by atoms with Crippen molar-refractivity contribution in [2.24, 2.45) is 11.7 Å². The molecule has 1 saturated heterocycles. The van der Waals surface area contributed by atoms with Crippen molar-refractivity contribution in [3.63, 3.8) is 0 Å². The third-order valence-electron chi connectivity index (χ3n) is 3.53. The van der Waals surface area contributed by atoms with Gasteiger partial charge in [0, 0.05) is 31.4 Å². The lowest BCUT2D eigenvalue weighted by Crippen LogP contribution is -2.42. The first-order valence-corrected chi connectivity index (χ1v) is 6.67. The molecular formula is C14H23Cl2N3O. The van der Waals surface area contributed by atoms with Crippen molar-refractivity contribution in [2.45, 2.75) is 25.7 Å². The minimum atomic E-state index is 0. The number of likely N-dealkylation sites (tertiary alicyclic amines) is 1. The zero-order chi connectivity index (χ0) is 12.8. The molecule has 0 aliphatic carbocycles. The standard InChI is InChI=1S/C14H21N3O.2ClH/c15-10-12-4-3-9-17(11-12)14(18)7-6-13-5-1-2-8-16-13;;/h1-2,5,8,12H,3-4,6-7,9-11,15H2;2*1H. The topological polar surface area (TPSA) is 59.2 Å². The molecule has 20 heavy (non-hydrogen) atoms. The number of hydrogen-bond acceptors (Lipinski definition) is 3. The van der Waals surface area contributed by atoms with Gasteiger partial charge in [-0.1, -0.05) is 6.07 Å². The van der Waals surface area contributed by atoms with Gasteiger partial charge < -0.3 is 10.6 Å². The van der Waals surface area contributed by atoms with Gasteiger partial charge in [0.2, 0.25) is 5.91 Å². The van der Waals surface area contributed by atoms with Gasteiger partial charge in [-0.25, -0.2) is 0 Å². The lowest BCUT2D eigenvalue weighted by Gasteiger charge is -2.32. The van der Waals surface area contributed by atoms with E-state index in [2.05, 4.69) is 4.98 Å². The molecular weight excluding hydrogens is 297 g/mol. The van der Waals surface area contributed by atoms with E-state index in [1.54, 1.807) is 6.20 Å². The fourth-order valence-corrected chi connectivity index (χ4v) is 2.42. The summed E-state index contributed by atoms with van der Waals surface area (Å²) in [6.07, 6.45) is 5.28. The summed E-state index contributed by atoms with van der Waals surface area (Å²) in [6.45, 7) is 2.40. The van der Waals surface area contributed by atoms with Gasteiger partial charge in [-0.2, -0.15) is 0 Å². The van der Waals surface area contributed by atoms with Gasteiger partial charge in [-0.15, -0.1) is 24.8 Å². The van der Waals surface area contributed by atoms with Gasteiger partial charge >= 0.3 is 0 Å². The molecule has 0 saturated carbocycles. The predicted octanol–water partition coefficient (Wildman–Crippen LogP) is 2.06. The van der Waals surface area contributed by atoms with Crippen LogP contribution in [0.2, 0.25) is 0 Å². The Balaban J connectivity index is 0.00000180. The Kier molecular flexibility index (Phi) is 9.55. The number of pyridine rings is 1. The van der Waals surface area contributed by atoms with Gasteiger partial charge in [0.05, 0.1) is 0 Å². The van der Waals surface area contributed by atoms with Crippen LogP contribution in [0.4, 0.5) is 0 Å². The highest BCUT2D eigenvalue weighted by molar-refractivity contribution is 5.85. The largest absolute Gasteiger partial charge is 0.342 e. The summed E-state index contributed by atoms with van der Waals surface area (Å²) < 4.78 is 0. The number of nitrogens with zero attached hydrogens (tertiary/aromatic N) is 2. The van der Waals surface area contributed by atoms with E-state index in [9.17, 15) is 4.79 Å². The maximum Gasteiger partial charge on any atom is 0.222 e. The Hall–Kier alpha value is -0.840. The minimum absolute atomic E-state index is 0. The summed E-state index contributed by atoms with van der Waals surface area (Å²) in [5.74, 6) is 0.719. The number of piperidine rings is 1. The zero-order valence-corrected chi connectivity index (χ0v) is 13.2. The van der Waals surface area contributed by atoms with Gasteiger partial charge in [-0.05, 0) is 43.9 Å². The van der Waals surface area contributed by atoms with Crippen molar-refractivity contribution in [2.75, 3.05) is 19.6 Å². The number of carbonyl (C=O) groups excluding carboxylic acids is 1. The van der Waals surface area contributed by atoms with E-state index in [-0.39, 0.29) is 30.7 Å². The monoisotopic (exact) mass is 319 g/mol. The molecule has 6 heteroatoms. The van der Waals surface area contributed by atoms with Crippen LogP contribution in [0.25, 0.3) is 0 Å². The van der Waals surface area contributed by atoms with Crippen LogP contribution in [-0.4, -0.2) is 35.4 Å². The number of carbonyl (C=O) groups is 1. The third kappa shape index (κ3) is 5.65. The quantitative estimate of drug-likeness (QED) is 0.924. The molecule has 1 unspecified atom stereocenters. The number of aryl methyl sites for hydroxylation is 1. The summed E-state index contributed by atoms with van der Waals surface area (Å²) in [7, 11) is 0. The molecule has 1 aliphatic heterocycles. The number of rotatable bonds is 4. The Morgan fingerprint density at radius 3 is 2.85 bits per heavy atom. The van der Waals surface area contributed by atoms with E-state index in [0.717, 1.165) is 38.0 Å². The zero-order valence-electron chi connectivity index (χ0n) is 11.5. The molecule has 4 nitrogen and oxygen atoms in total. The average molecular weight is 320 g/mol. The lowest BCUT2D eigenvalue weighted by atomic mass is 9.98. The molecule has 1 aromatic rings. The van der Waals surface area contributed by atoms with Crippen LogP contribution in [0.3, 0.4) is 0 Å². The van der Waals surface area contributed by atoms with Crippen LogP contribution in [-0.2, 0) is 11.2 Å². The number of amides is 1. The summed E-state index contributed by atoms with van der Waals surface area (Å²) in [6, 6.07) is 5.81. The predicted molar refractivity (Wildman–Crippen MR) is 85.4 cm³/mol. The first kappa shape index (κ1) is 19.2. The Labute approximate surface area is 132 Å². The SMILES string of the molecule is Cl.Cl.NCC1CCCN(C(=O)CCc2ccccn2)C1. The van der Waals surface area contributed by atoms with E-state index in [1.807, 2.05) is 23.1 Å². The highest BCUT2D eigenvalue weighted by Gasteiger charge is 2.22. The molecule has 1 aliphatic rings. The number of nitrogens with two attached hydrogens (primary N) is 1. The highest BCUT2D eigenvalue weighted by Crippen LogP contribution is 2.16. The Morgan fingerprint density at radius 1 is 1.40 bits per heavy atom. The molecule has 2 N–H and O–H groups in total. The van der Waals surface area contributed by atoms with Crippen LogP contribution in [0.1, 0.15) is 25.0 Å². The van der Waals surface area contributed by atoms with E-state index in [0.29, 0.717) is 18.9 Å². The van der Waals surface area contributed by atoms with Crippen LogP contribution >= 0.6 is 24.8 Å². The second-order valence-electron chi connectivity index (χ2n) is 4.90.